The predicted octanol–water partition coefficient (Wildman–Crippen LogP) is 1.79. The van der Waals surface area contributed by atoms with Gasteiger partial charge in [0.15, 0.2) is 0 Å². The Morgan fingerprint density at radius 1 is 1.26 bits per heavy atom. The first-order valence-corrected chi connectivity index (χ1v) is 7.78. The Kier molecular flexibility index (Phi) is 5.64. The first-order chi connectivity index (χ1) is 9.16. The summed E-state index contributed by atoms with van der Waals surface area (Å²) in [6, 6.07) is 0.312. The summed E-state index contributed by atoms with van der Waals surface area (Å²) < 4.78 is 5.82. The molecule has 2 fully saturated rings. The molecule has 1 aliphatic carbocycles. The number of nitrogens with zero attached hydrogens (tertiary/aromatic N) is 1. The molecule has 0 unspecified atom stereocenters. The van der Waals surface area contributed by atoms with E-state index in [1.54, 1.807) is 0 Å². The normalized spacial score (nSPS) is 20.8. The second-order valence-electron chi connectivity index (χ2n) is 6.15. The third-order valence-corrected chi connectivity index (χ3v) is 4.05. The molecular weight excluding hydrogens is 240 g/mol. The van der Waals surface area contributed by atoms with Gasteiger partial charge >= 0.3 is 0 Å². The lowest BCUT2D eigenvalue weighted by Crippen LogP contribution is -2.39. The topological polar surface area (TPSA) is 41.6 Å². The van der Waals surface area contributed by atoms with Crippen molar-refractivity contribution in [2.75, 3.05) is 26.2 Å². The molecule has 1 saturated heterocycles. The van der Waals surface area contributed by atoms with Crippen molar-refractivity contribution < 1.29 is 9.53 Å². The minimum Gasteiger partial charge on any atom is -0.378 e. The summed E-state index contributed by atoms with van der Waals surface area (Å²) >= 11 is 0. The van der Waals surface area contributed by atoms with E-state index < -0.39 is 0 Å². The molecule has 0 bridgehead atoms. The first-order valence-electron chi connectivity index (χ1n) is 7.78. The van der Waals surface area contributed by atoms with E-state index in [-0.39, 0.29) is 5.91 Å². The second kappa shape index (κ2) is 7.25. The van der Waals surface area contributed by atoms with Crippen LogP contribution in [0.15, 0.2) is 0 Å². The molecule has 0 radical (unpaired) electrons. The van der Waals surface area contributed by atoms with Gasteiger partial charge in [-0.15, -0.1) is 0 Å². The van der Waals surface area contributed by atoms with Crippen molar-refractivity contribution in [1.82, 2.24) is 10.2 Å². The largest absolute Gasteiger partial charge is 0.378 e. The zero-order valence-corrected chi connectivity index (χ0v) is 12.4. The summed E-state index contributed by atoms with van der Waals surface area (Å²) in [5, 5.41) is 3.32. The van der Waals surface area contributed by atoms with Gasteiger partial charge in [-0.25, -0.2) is 0 Å². The smallest absolute Gasteiger partial charge is 0.225 e. The fourth-order valence-corrected chi connectivity index (χ4v) is 2.60. The van der Waals surface area contributed by atoms with Gasteiger partial charge in [-0.1, -0.05) is 0 Å². The van der Waals surface area contributed by atoms with Crippen molar-refractivity contribution in [3.63, 3.8) is 0 Å². The van der Waals surface area contributed by atoms with Crippen LogP contribution in [-0.2, 0) is 9.53 Å². The SMILES string of the molecule is CC(C)N(CC1CC1)C(=O)CCOC1CCNCC1. The molecule has 0 aromatic heterocycles. The van der Waals surface area contributed by atoms with Crippen LogP contribution in [0.3, 0.4) is 0 Å². The summed E-state index contributed by atoms with van der Waals surface area (Å²) in [6.45, 7) is 7.82. The highest BCUT2D eigenvalue weighted by Gasteiger charge is 2.28. The molecule has 2 rings (SSSR count). The molecule has 19 heavy (non-hydrogen) atoms. The maximum absolute atomic E-state index is 12.2. The number of carbonyl (C=O) groups excluding carboxylic acids is 1. The molecule has 1 N–H and O–H groups in total. The lowest BCUT2D eigenvalue weighted by atomic mass is 10.1. The van der Waals surface area contributed by atoms with Gasteiger partial charge < -0.3 is 15.0 Å². The van der Waals surface area contributed by atoms with E-state index in [0.29, 0.717) is 25.2 Å². The molecule has 1 heterocycles. The number of nitrogens with one attached hydrogen (secondary N) is 1. The van der Waals surface area contributed by atoms with Gasteiger partial charge in [-0.2, -0.15) is 0 Å². The molecule has 1 amide bonds. The zero-order valence-electron chi connectivity index (χ0n) is 12.4. The summed E-state index contributed by atoms with van der Waals surface area (Å²) in [5.41, 5.74) is 0. The summed E-state index contributed by atoms with van der Waals surface area (Å²) in [6.07, 6.45) is 5.62. The van der Waals surface area contributed by atoms with Crippen molar-refractivity contribution in [1.29, 1.82) is 0 Å². The van der Waals surface area contributed by atoms with Gasteiger partial charge in [0, 0.05) is 12.6 Å². The zero-order chi connectivity index (χ0) is 13.7. The van der Waals surface area contributed by atoms with Gasteiger partial charge in [-0.3, -0.25) is 4.79 Å². The van der Waals surface area contributed by atoms with E-state index in [4.69, 9.17) is 4.74 Å². The standard InChI is InChI=1S/C15H28N2O2/c1-12(2)17(11-13-3-4-13)15(18)7-10-19-14-5-8-16-9-6-14/h12-14,16H,3-11H2,1-2H3. The molecule has 0 aromatic carbocycles. The molecule has 4 heteroatoms. The van der Waals surface area contributed by atoms with Crippen LogP contribution in [0, 0.1) is 5.92 Å². The molecule has 4 nitrogen and oxygen atoms in total. The minimum absolute atomic E-state index is 0.260. The van der Waals surface area contributed by atoms with Crippen LogP contribution in [0.25, 0.3) is 0 Å². The highest BCUT2D eigenvalue weighted by molar-refractivity contribution is 5.76. The quantitative estimate of drug-likeness (QED) is 0.765. The van der Waals surface area contributed by atoms with Gasteiger partial charge in [-0.05, 0) is 58.5 Å². The van der Waals surface area contributed by atoms with Crippen LogP contribution in [-0.4, -0.2) is 49.2 Å². The van der Waals surface area contributed by atoms with Crippen molar-refractivity contribution in [2.24, 2.45) is 5.92 Å². The van der Waals surface area contributed by atoms with Crippen LogP contribution < -0.4 is 5.32 Å². The minimum atomic E-state index is 0.260. The van der Waals surface area contributed by atoms with Crippen LogP contribution in [0.2, 0.25) is 0 Å². The van der Waals surface area contributed by atoms with E-state index >= 15 is 0 Å². The predicted molar refractivity (Wildman–Crippen MR) is 76.0 cm³/mol. The Labute approximate surface area is 116 Å². The number of amides is 1. The monoisotopic (exact) mass is 268 g/mol. The second-order valence-corrected chi connectivity index (χ2v) is 6.15. The number of carbonyl (C=O) groups is 1. The number of ether oxygens (including phenoxy) is 1. The number of hydrogen-bond donors (Lipinski definition) is 1. The summed E-state index contributed by atoms with van der Waals surface area (Å²) in [4.78, 5) is 14.3. The van der Waals surface area contributed by atoms with Crippen molar-refractivity contribution in [3.05, 3.63) is 0 Å². The molecule has 0 spiro atoms. The van der Waals surface area contributed by atoms with Crippen molar-refractivity contribution in [2.45, 2.75) is 58.1 Å². The van der Waals surface area contributed by atoms with Crippen molar-refractivity contribution >= 4 is 5.91 Å². The molecule has 2 aliphatic rings. The first kappa shape index (κ1) is 14.8. The van der Waals surface area contributed by atoms with Crippen LogP contribution in [0.1, 0.15) is 46.0 Å². The lowest BCUT2D eigenvalue weighted by Gasteiger charge is -2.28. The van der Waals surface area contributed by atoms with Gasteiger partial charge in [0.25, 0.3) is 0 Å². The summed E-state index contributed by atoms with van der Waals surface area (Å²) in [5.74, 6) is 1.02. The fraction of sp³-hybridized carbons (Fsp3) is 0.933. The molecule has 110 valence electrons. The number of piperidine rings is 1. The molecule has 0 aromatic rings. The Hall–Kier alpha value is -0.610. The summed E-state index contributed by atoms with van der Waals surface area (Å²) in [7, 11) is 0. The van der Waals surface area contributed by atoms with E-state index in [2.05, 4.69) is 19.2 Å². The van der Waals surface area contributed by atoms with Crippen LogP contribution >= 0.6 is 0 Å². The molecular formula is C15H28N2O2. The molecule has 1 aliphatic heterocycles. The molecule has 0 atom stereocenters. The average Bonchev–Trinajstić information content (AvgIpc) is 3.20. The van der Waals surface area contributed by atoms with E-state index in [9.17, 15) is 4.79 Å². The number of hydrogen-bond acceptors (Lipinski definition) is 3. The fourth-order valence-electron chi connectivity index (χ4n) is 2.60. The van der Waals surface area contributed by atoms with Crippen LogP contribution in [0.5, 0.6) is 0 Å². The van der Waals surface area contributed by atoms with Crippen molar-refractivity contribution in [3.8, 4) is 0 Å². The number of rotatable bonds is 7. The van der Waals surface area contributed by atoms with E-state index in [0.717, 1.165) is 38.4 Å². The Balaban J connectivity index is 1.66. The van der Waals surface area contributed by atoms with E-state index in [1.807, 2.05) is 4.90 Å². The Bertz CT molecular complexity index is 284. The maximum atomic E-state index is 12.2. The van der Waals surface area contributed by atoms with E-state index in [1.165, 1.54) is 12.8 Å². The Morgan fingerprint density at radius 2 is 1.95 bits per heavy atom. The third-order valence-electron chi connectivity index (χ3n) is 4.05. The highest BCUT2D eigenvalue weighted by atomic mass is 16.5. The van der Waals surface area contributed by atoms with Gasteiger partial charge in [0.2, 0.25) is 5.91 Å². The highest BCUT2D eigenvalue weighted by Crippen LogP contribution is 2.30. The van der Waals surface area contributed by atoms with Crippen LogP contribution in [0.4, 0.5) is 0 Å². The third kappa shape index (κ3) is 5.11. The lowest BCUT2D eigenvalue weighted by molar-refractivity contribution is -0.134. The molecule has 1 saturated carbocycles. The maximum Gasteiger partial charge on any atom is 0.225 e. The average molecular weight is 268 g/mol. The van der Waals surface area contributed by atoms with Gasteiger partial charge in [0.1, 0.15) is 0 Å². The Morgan fingerprint density at radius 3 is 2.53 bits per heavy atom. The van der Waals surface area contributed by atoms with Gasteiger partial charge in [0.05, 0.1) is 19.1 Å².